The molecule has 110 valence electrons. The summed E-state index contributed by atoms with van der Waals surface area (Å²) in [6.07, 6.45) is 4.08. The summed E-state index contributed by atoms with van der Waals surface area (Å²) in [5.41, 5.74) is 1.87. The minimum Gasteiger partial charge on any atom is -0.495 e. The van der Waals surface area contributed by atoms with E-state index in [-0.39, 0.29) is 0 Å². The van der Waals surface area contributed by atoms with Gasteiger partial charge in [-0.05, 0) is 54.2 Å². The number of nitrogens with one attached hydrogen (secondary N) is 1. The van der Waals surface area contributed by atoms with Crippen LogP contribution in [0.15, 0.2) is 22.7 Å². The number of benzene rings is 1. The Hall–Kier alpha value is -0.700. The van der Waals surface area contributed by atoms with E-state index in [0.717, 1.165) is 21.8 Å². The zero-order valence-electron chi connectivity index (χ0n) is 12.8. The SMILES string of the molecule is COc1ccc(Br)cc1NC1C2(C)CCC(C2)C1(C)C. The zero-order valence-corrected chi connectivity index (χ0v) is 14.4. The maximum absolute atomic E-state index is 5.51. The molecule has 2 bridgehead atoms. The summed E-state index contributed by atoms with van der Waals surface area (Å²) in [6.45, 7) is 7.29. The van der Waals surface area contributed by atoms with Crippen LogP contribution in [0.3, 0.4) is 0 Å². The third kappa shape index (κ3) is 2.05. The van der Waals surface area contributed by atoms with Crippen LogP contribution in [0.25, 0.3) is 0 Å². The van der Waals surface area contributed by atoms with E-state index in [1.807, 2.05) is 12.1 Å². The van der Waals surface area contributed by atoms with Gasteiger partial charge in [0.1, 0.15) is 5.75 Å². The number of hydrogen-bond donors (Lipinski definition) is 1. The summed E-state index contributed by atoms with van der Waals surface area (Å²) in [5.74, 6) is 1.78. The lowest BCUT2D eigenvalue weighted by Crippen LogP contribution is -2.45. The third-order valence-corrected chi connectivity index (χ3v) is 6.22. The molecular weight excluding hydrogens is 314 g/mol. The Morgan fingerprint density at radius 1 is 1.30 bits per heavy atom. The average Bonchev–Trinajstić information content (AvgIpc) is 2.86. The van der Waals surface area contributed by atoms with E-state index in [9.17, 15) is 0 Å². The van der Waals surface area contributed by atoms with Crippen molar-refractivity contribution in [3.05, 3.63) is 22.7 Å². The van der Waals surface area contributed by atoms with E-state index in [1.165, 1.54) is 19.3 Å². The summed E-state index contributed by atoms with van der Waals surface area (Å²) in [7, 11) is 1.74. The fourth-order valence-electron chi connectivity index (χ4n) is 4.61. The van der Waals surface area contributed by atoms with Gasteiger partial charge in [-0.15, -0.1) is 0 Å². The fourth-order valence-corrected chi connectivity index (χ4v) is 4.97. The van der Waals surface area contributed by atoms with Crippen molar-refractivity contribution >= 4 is 21.6 Å². The molecule has 20 heavy (non-hydrogen) atoms. The number of anilines is 1. The van der Waals surface area contributed by atoms with Crippen LogP contribution < -0.4 is 10.1 Å². The first-order valence-corrected chi connectivity index (χ1v) is 8.26. The van der Waals surface area contributed by atoms with E-state index in [2.05, 4.69) is 48.1 Å². The Kier molecular flexibility index (Phi) is 3.32. The van der Waals surface area contributed by atoms with Gasteiger partial charge in [0, 0.05) is 10.5 Å². The second-order valence-electron chi connectivity index (χ2n) is 7.34. The molecule has 2 aliphatic carbocycles. The third-order valence-electron chi connectivity index (χ3n) is 5.73. The molecule has 3 heteroatoms. The molecule has 0 spiro atoms. The number of fused-ring (bicyclic) bond motifs is 2. The lowest BCUT2D eigenvalue weighted by atomic mass is 9.68. The molecule has 1 aromatic carbocycles. The van der Waals surface area contributed by atoms with E-state index < -0.39 is 0 Å². The first-order valence-electron chi connectivity index (χ1n) is 7.47. The smallest absolute Gasteiger partial charge is 0.142 e. The number of ether oxygens (including phenoxy) is 1. The zero-order chi connectivity index (χ0) is 14.5. The molecule has 3 atom stereocenters. The highest BCUT2D eigenvalue weighted by Gasteiger charge is 2.59. The second kappa shape index (κ2) is 4.66. The lowest BCUT2D eigenvalue weighted by molar-refractivity contribution is 0.155. The molecule has 1 N–H and O–H groups in total. The van der Waals surface area contributed by atoms with Crippen molar-refractivity contribution in [1.29, 1.82) is 0 Å². The Morgan fingerprint density at radius 3 is 2.65 bits per heavy atom. The maximum Gasteiger partial charge on any atom is 0.142 e. The van der Waals surface area contributed by atoms with E-state index in [0.29, 0.717) is 16.9 Å². The second-order valence-corrected chi connectivity index (χ2v) is 8.25. The van der Waals surface area contributed by atoms with Crippen molar-refractivity contribution in [3.8, 4) is 5.75 Å². The van der Waals surface area contributed by atoms with Crippen LogP contribution in [0.4, 0.5) is 5.69 Å². The van der Waals surface area contributed by atoms with Gasteiger partial charge < -0.3 is 10.1 Å². The molecule has 0 radical (unpaired) electrons. The molecule has 0 aromatic heterocycles. The minimum absolute atomic E-state index is 0.348. The van der Waals surface area contributed by atoms with Gasteiger partial charge in [-0.2, -0.15) is 0 Å². The topological polar surface area (TPSA) is 21.3 Å². The van der Waals surface area contributed by atoms with Gasteiger partial charge in [-0.1, -0.05) is 36.7 Å². The molecule has 2 nitrogen and oxygen atoms in total. The van der Waals surface area contributed by atoms with Gasteiger partial charge in [-0.25, -0.2) is 0 Å². The normalized spacial score (nSPS) is 34.2. The number of methoxy groups -OCH3 is 1. The molecule has 1 aromatic rings. The molecule has 0 heterocycles. The Labute approximate surface area is 130 Å². The molecule has 2 saturated carbocycles. The summed E-state index contributed by atoms with van der Waals surface area (Å²) in [5, 5.41) is 3.81. The summed E-state index contributed by atoms with van der Waals surface area (Å²) in [6, 6.07) is 6.69. The summed E-state index contributed by atoms with van der Waals surface area (Å²) < 4.78 is 6.60. The van der Waals surface area contributed by atoms with Crippen LogP contribution in [0, 0.1) is 16.7 Å². The van der Waals surface area contributed by atoms with Crippen molar-refractivity contribution in [3.63, 3.8) is 0 Å². The van der Waals surface area contributed by atoms with Gasteiger partial charge in [0.25, 0.3) is 0 Å². The molecule has 0 aliphatic heterocycles. The lowest BCUT2D eigenvalue weighted by Gasteiger charge is -2.43. The Balaban J connectivity index is 1.93. The van der Waals surface area contributed by atoms with Gasteiger partial charge >= 0.3 is 0 Å². The number of halogens is 1. The van der Waals surface area contributed by atoms with Gasteiger partial charge in [0.2, 0.25) is 0 Å². The highest BCUT2D eigenvalue weighted by Crippen LogP contribution is 2.63. The Bertz CT molecular complexity index is 523. The maximum atomic E-state index is 5.51. The highest BCUT2D eigenvalue weighted by atomic mass is 79.9. The van der Waals surface area contributed by atoms with Crippen molar-refractivity contribution in [2.24, 2.45) is 16.7 Å². The van der Waals surface area contributed by atoms with E-state index in [4.69, 9.17) is 4.74 Å². The molecule has 3 unspecified atom stereocenters. The molecule has 3 rings (SSSR count). The van der Waals surface area contributed by atoms with Crippen LogP contribution in [0.2, 0.25) is 0 Å². The van der Waals surface area contributed by atoms with Crippen LogP contribution in [0.5, 0.6) is 5.75 Å². The van der Waals surface area contributed by atoms with Crippen molar-refractivity contribution < 1.29 is 4.74 Å². The van der Waals surface area contributed by atoms with Crippen molar-refractivity contribution in [2.75, 3.05) is 12.4 Å². The average molecular weight is 338 g/mol. The monoisotopic (exact) mass is 337 g/mol. The first kappa shape index (κ1) is 14.2. The van der Waals surface area contributed by atoms with Crippen LogP contribution in [-0.4, -0.2) is 13.2 Å². The van der Waals surface area contributed by atoms with Crippen LogP contribution >= 0.6 is 15.9 Å². The highest BCUT2D eigenvalue weighted by molar-refractivity contribution is 9.10. The molecule has 0 amide bonds. The van der Waals surface area contributed by atoms with Gasteiger partial charge in [0.15, 0.2) is 0 Å². The largest absolute Gasteiger partial charge is 0.495 e. The number of hydrogen-bond acceptors (Lipinski definition) is 2. The van der Waals surface area contributed by atoms with E-state index in [1.54, 1.807) is 7.11 Å². The molecule has 2 fully saturated rings. The molecule has 0 saturated heterocycles. The van der Waals surface area contributed by atoms with E-state index >= 15 is 0 Å². The molecule has 2 aliphatic rings. The van der Waals surface area contributed by atoms with Crippen molar-refractivity contribution in [2.45, 2.75) is 46.1 Å². The summed E-state index contributed by atoms with van der Waals surface area (Å²) in [4.78, 5) is 0. The van der Waals surface area contributed by atoms with Crippen molar-refractivity contribution in [1.82, 2.24) is 0 Å². The van der Waals surface area contributed by atoms with Gasteiger partial charge in [-0.3, -0.25) is 0 Å². The van der Waals surface area contributed by atoms with Gasteiger partial charge in [0.05, 0.1) is 12.8 Å². The predicted molar refractivity (Wildman–Crippen MR) is 87.3 cm³/mol. The summed E-state index contributed by atoms with van der Waals surface area (Å²) >= 11 is 3.56. The predicted octanol–water partition coefficient (Wildman–Crippen LogP) is 5.08. The Morgan fingerprint density at radius 2 is 2.05 bits per heavy atom. The van der Waals surface area contributed by atoms with Crippen LogP contribution in [0.1, 0.15) is 40.0 Å². The minimum atomic E-state index is 0.348. The quantitative estimate of drug-likeness (QED) is 0.829. The molecular formula is C17H24BrNO. The van der Waals surface area contributed by atoms with Crippen LogP contribution in [-0.2, 0) is 0 Å². The standard InChI is InChI=1S/C17H24BrNO/c1-16(2)11-7-8-17(3,10-11)15(16)19-13-9-12(18)5-6-14(13)20-4/h5-6,9,11,15,19H,7-8,10H2,1-4H3. The fraction of sp³-hybridized carbons (Fsp3) is 0.647. The first-order chi connectivity index (χ1) is 9.37. The number of rotatable bonds is 3.